The fourth-order valence-corrected chi connectivity index (χ4v) is 2.82. The molecular formula is C9H16N2OS. The molecule has 2 heterocycles. The fraction of sp³-hybridized carbons (Fsp3) is 0.889. The molecule has 2 aliphatic rings. The first-order valence-electron chi connectivity index (χ1n) is 4.96. The molecule has 13 heavy (non-hydrogen) atoms. The zero-order valence-corrected chi connectivity index (χ0v) is 8.53. The zero-order valence-electron chi connectivity index (χ0n) is 7.71. The summed E-state index contributed by atoms with van der Waals surface area (Å²) in [6.45, 7) is 3.00. The highest BCUT2D eigenvalue weighted by atomic mass is 32.2. The Morgan fingerprint density at radius 1 is 1.54 bits per heavy atom. The van der Waals surface area contributed by atoms with Gasteiger partial charge in [0.25, 0.3) is 0 Å². The number of carbonyl (C=O) groups excluding carboxylic acids is 1. The van der Waals surface area contributed by atoms with E-state index in [0.717, 1.165) is 31.8 Å². The maximum atomic E-state index is 11.5. The summed E-state index contributed by atoms with van der Waals surface area (Å²) in [6.07, 6.45) is 2.27. The third-order valence-electron chi connectivity index (χ3n) is 2.65. The highest BCUT2D eigenvalue weighted by molar-refractivity contribution is 8.00. The smallest absolute Gasteiger partial charge is 0.233 e. The molecule has 2 saturated heterocycles. The molecule has 0 saturated carbocycles. The lowest BCUT2D eigenvalue weighted by molar-refractivity contribution is -0.120. The minimum absolute atomic E-state index is 0.244. The Hall–Kier alpha value is -0.220. The Morgan fingerprint density at radius 2 is 2.38 bits per heavy atom. The molecule has 0 spiro atoms. The minimum Gasteiger partial charge on any atom is -0.355 e. The largest absolute Gasteiger partial charge is 0.355 e. The van der Waals surface area contributed by atoms with Crippen LogP contribution in [-0.4, -0.2) is 36.5 Å². The molecule has 1 unspecified atom stereocenters. The van der Waals surface area contributed by atoms with Crippen LogP contribution in [0.25, 0.3) is 0 Å². The second-order valence-electron chi connectivity index (χ2n) is 3.77. The number of carbonyl (C=O) groups is 1. The third-order valence-corrected chi connectivity index (χ3v) is 4.03. The van der Waals surface area contributed by atoms with Crippen LogP contribution in [0.1, 0.15) is 12.8 Å². The molecule has 0 aromatic carbocycles. The molecule has 2 fully saturated rings. The molecule has 0 aromatic rings. The topological polar surface area (TPSA) is 41.1 Å². The third kappa shape index (κ3) is 2.38. The van der Waals surface area contributed by atoms with E-state index in [2.05, 4.69) is 10.6 Å². The van der Waals surface area contributed by atoms with E-state index in [1.54, 1.807) is 11.8 Å². The average molecular weight is 200 g/mol. The van der Waals surface area contributed by atoms with Gasteiger partial charge in [-0.1, -0.05) is 0 Å². The first-order chi connectivity index (χ1) is 6.36. The van der Waals surface area contributed by atoms with Crippen molar-refractivity contribution in [1.82, 2.24) is 10.6 Å². The predicted octanol–water partition coefficient (Wildman–Crippen LogP) is 0.218. The van der Waals surface area contributed by atoms with E-state index >= 15 is 0 Å². The summed E-state index contributed by atoms with van der Waals surface area (Å²) >= 11 is 1.80. The molecule has 2 rings (SSSR count). The van der Waals surface area contributed by atoms with Gasteiger partial charge < -0.3 is 10.6 Å². The Bertz CT molecular complexity index is 188. The summed E-state index contributed by atoms with van der Waals surface area (Å²) in [6, 6.07) is 0. The predicted molar refractivity (Wildman–Crippen MR) is 54.8 cm³/mol. The molecule has 2 aliphatic heterocycles. The maximum Gasteiger partial charge on any atom is 0.233 e. The first-order valence-corrected chi connectivity index (χ1v) is 6.01. The summed E-state index contributed by atoms with van der Waals surface area (Å²) in [5, 5.41) is 6.47. The normalized spacial score (nSPS) is 28.5. The van der Waals surface area contributed by atoms with Gasteiger partial charge in [-0.2, -0.15) is 0 Å². The molecule has 0 aliphatic carbocycles. The summed E-state index contributed by atoms with van der Waals surface area (Å²) in [4.78, 5) is 11.5. The minimum atomic E-state index is 0.244. The number of rotatable bonds is 3. The van der Waals surface area contributed by atoms with Gasteiger partial charge >= 0.3 is 0 Å². The monoisotopic (exact) mass is 200 g/mol. The van der Waals surface area contributed by atoms with Crippen molar-refractivity contribution in [3.63, 3.8) is 0 Å². The quantitative estimate of drug-likeness (QED) is 0.684. The van der Waals surface area contributed by atoms with E-state index in [9.17, 15) is 4.79 Å². The zero-order chi connectivity index (χ0) is 9.10. The number of nitrogens with one attached hydrogen (secondary N) is 2. The number of hydrogen-bond acceptors (Lipinski definition) is 3. The van der Waals surface area contributed by atoms with Gasteiger partial charge in [-0.15, -0.1) is 11.8 Å². The Balaban J connectivity index is 1.65. The molecule has 74 valence electrons. The van der Waals surface area contributed by atoms with E-state index in [4.69, 9.17) is 0 Å². The summed E-state index contributed by atoms with van der Waals surface area (Å²) in [5.41, 5.74) is 0. The van der Waals surface area contributed by atoms with E-state index < -0.39 is 0 Å². The van der Waals surface area contributed by atoms with Crippen LogP contribution in [0.15, 0.2) is 0 Å². The summed E-state index contributed by atoms with van der Waals surface area (Å²) in [7, 11) is 0. The van der Waals surface area contributed by atoms with Crippen LogP contribution in [-0.2, 0) is 4.79 Å². The standard InChI is InChI=1S/C9H16N2OS/c12-9(8-2-1-3-13-8)11-6-7-4-10-5-7/h7-8,10H,1-6H2,(H,11,12). The molecule has 1 amide bonds. The van der Waals surface area contributed by atoms with Crippen molar-refractivity contribution in [1.29, 1.82) is 0 Å². The van der Waals surface area contributed by atoms with Gasteiger partial charge in [-0.25, -0.2) is 0 Å². The highest BCUT2D eigenvalue weighted by Crippen LogP contribution is 2.25. The van der Waals surface area contributed by atoms with Gasteiger partial charge in [0.15, 0.2) is 0 Å². The van der Waals surface area contributed by atoms with Crippen molar-refractivity contribution in [2.75, 3.05) is 25.4 Å². The molecule has 2 N–H and O–H groups in total. The summed E-state index contributed by atoms with van der Waals surface area (Å²) in [5.74, 6) is 2.09. The van der Waals surface area contributed by atoms with Gasteiger partial charge in [0.1, 0.15) is 0 Å². The Kier molecular flexibility index (Phi) is 3.11. The average Bonchev–Trinajstić information content (AvgIpc) is 2.52. The number of hydrogen-bond donors (Lipinski definition) is 2. The van der Waals surface area contributed by atoms with Crippen LogP contribution in [0.4, 0.5) is 0 Å². The van der Waals surface area contributed by atoms with Crippen molar-refractivity contribution < 1.29 is 4.79 Å². The number of thioether (sulfide) groups is 1. The van der Waals surface area contributed by atoms with Gasteiger partial charge in [0, 0.05) is 25.6 Å². The van der Waals surface area contributed by atoms with Crippen molar-refractivity contribution in [3.8, 4) is 0 Å². The molecular weight excluding hydrogens is 184 g/mol. The van der Waals surface area contributed by atoms with Crippen LogP contribution in [0.5, 0.6) is 0 Å². The molecule has 0 aromatic heterocycles. The lowest BCUT2D eigenvalue weighted by atomic mass is 10.0. The molecule has 1 atom stereocenters. The first kappa shape index (κ1) is 9.34. The second-order valence-corrected chi connectivity index (χ2v) is 5.08. The highest BCUT2D eigenvalue weighted by Gasteiger charge is 2.24. The van der Waals surface area contributed by atoms with Crippen LogP contribution in [0, 0.1) is 5.92 Å². The van der Waals surface area contributed by atoms with Gasteiger partial charge in [-0.05, 0) is 18.6 Å². The molecule has 0 bridgehead atoms. The summed E-state index contributed by atoms with van der Waals surface area (Å²) < 4.78 is 0. The SMILES string of the molecule is O=C(NCC1CNC1)C1CCCS1. The van der Waals surface area contributed by atoms with E-state index in [1.165, 1.54) is 6.42 Å². The van der Waals surface area contributed by atoms with Crippen molar-refractivity contribution in [2.45, 2.75) is 18.1 Å². The Labute approximate surface area is 83.0 Å². The van der Waals surface area contributed by atoms with E-state index in [1.807, 2.05) is 0 Å². The lowest BCUT2D eigenvalue weighted by Gasteiger charge is -2.27. The van der Waals surface area contributed by atoms with Crippen molar-refractivity contribution >= 4 is 17.7 Å². The maximum absolute atomic E-state index is 11.5. The lowest BCUT2D eigenvalue weighted by Crippen LogP contribution is -2.49. The second kappa shape index (κ2) is 4.33. The fourth-order valence-electron chi connectivity index (χ4n) is 1.64. The molecule has 4 heteroatoms. The Morgan fingerprint density at radius 3 is 2.92 bits per heavy atom. The van der Waals surface area contributed by atoms with E-state index in [-0.39, 0.29) is 11.2 Å². The van der Waals surface area contributed by atoms with Gasteiger partial charge in [0.2, 0.25) is 5.91 Å². The van der Waals surface area contributed by atoms with Crippen LogP contribution in [0.3, 0.4) is 0 Å². The van der Waals surface area contributed by atoms with Gasteiger partial charge in [0.05, 0.1) is 5.25 Å². The van der Waals surface area contributed by atoms with Crippen molar-refractivity contribution in [2.24, 2.45) is 5.92 Å². The van der Waals surface area contributed by atoms with E-state index in [0.29, 0.717) is 5.92 Å². The number of amides is 1. The van der Waals surface area contributed by atoms with Crippen LogP contribution >= 0.6 is 11.8 Å². The molecule has 3 nitrogen and oxygen atoms in total. The van der Waals surface area contributed by atoms with Crippen LogP contribution < -0.4 is 10.6 Å². The van der Waals surface area contributed by atoms with Crippen LogP contribution in [0.2, 0.25) is 0 Å². The van der Waals surface area contributed by atoms with Crippen molar-refractivity contribution in [3.05, 3.63) is 0 Å². The van der Waals surface area contributed by atoms with Gasteiger partial charge in [-0.3, -0.25) is 4.79 Å². The molecule has 0 radical (unpaired) electrons.